The first-order valence-electron chi connectivity index (χ1n) is 2.72. The summed E-state index contributed by atoms with van der Waals surface area (Å²) in [7, 11) is 0. The van der Waals surface area contributed by atoms with Crippen molar-refractivity contribution in [3.8, 4) is 0 Å². The van der Waals surface area contributed by atoms with Gasteiger partial charge in [-0.2, -0.15) is 12.6 Å². The van der Waals surface area contributed by atoms with Gasteiger partial charge < -0.3 is 5.73 Å². The lowest BCUT2D eigenvalue weighted by Gasteiger charge is -1.88. The maximum Gasteiger partial charge on any atom is 0.0306 e. The van der Waals surface area contributed by atoms with Crippen LogP contribution in [-0.2, 0) is 0 Å². The van der Waals surface area contributed by atoms with Gasteiger partial charge in [0.2, 0.25) is 0 Å². The lowest BCUT2D eigenvalue weighted by atomic mass is 10.6. The van der Waals surface area contributed by atoms with Gasteiger partial charge in [-0.1, -0.05) is 25.8 Å². The summed E-state index contributed by atoms with van der Waals surface area (Å²) in [6, 6.07) is 0. The SMILES string of the molecule is CC.NS/C=C(\N)CS. The van der Waals surface area contributed by atoms with Crippen LogP contribution in [0.4, 0.5) is 0 Å². The van der Waals surface area contributed by atoms with E-state index in [0.717, 1.165) is 11.9 Å². The number of hydrogen-bond acceptors (Lipinski definition) is 4. The molecule has 0 aromatic heterocycles. The molecule has 0 aliphatic carbocycles. The first kappa shape index (κ1) is 11.9. The molecule has 4 N–H and O–H groups in total. The summed E-state index contributed by atoms with van der Waals surface area (Å²) in [4.78, 5) is 0. The number of rotatable bonds is 2. The molecule has 9 heavy (non-hydrogen) atoms. The van der Waals surface area contributed by atoms with E-state index in [2.05, 4.69) is 12.6 Å². The molecule has 0 aliphatic rings. The van der Waals surface area contributed by atoms with Crippen LogP contribution < -0.4 is 10.9 Å². The maximum absolute atomic E-state index is 5.27. The Labute approximate surface area is 66.6 Å². The number of thiol groups is 1. The normalized spacial score (nSPS) is 10.0. The van der Waals surface area contributed by atoms with Crippen molar-refractivity contribution in [2.45, 2.75) is 13.8 Å². The Morgan fingerprint density at radius 1 is 1.67 bits per heavy atom. The van der Waals surface area contributed by atoms with Crippen molar-refractivity contribution in [1.29, 1.82) is 0 Å². The molecular formula is C5H14N2S2. The first-order valence-corrected chi connectivity index (χ1v) is 4.29. The lowest BCUT2D eigenvalue weighted by molar-refractivity contribution is 1.35. The lowest BCUT2D eigenvalue weighted by Crippen LogP contribution is -1.96. The van der Waals surface area contributed by atoms with E-state index in [1.54, 1.807) is 5.41 Å². The van der Waals surface area contributed by atoms with E-state index >= 15 is 0 Å². The highest BCUT2D eigenvalue weighted by molar-refractivity contribution is 8.00. The van der Waals surface area contributed by atoms with Crippen molar-refractivity contribution in [2.24, 2.45) is 10.9 Å². The average Bonchev–Trinajstić information content (AvgIpc) is 1.93. The standard InChI is InChI=1S/C3H8N2S2.C2H6/c4-3(1-6)2-7-5;1-2/h2,6H,1,4-5H2;1-2H3/b3-2-;. The molecular weight excluding hydrogens is 152 g/mol. The first-order chi connectivity index (χ1) is 4.31. The van der Waals surface area contributed by atoms with Gasteiger partial charge in [-0.3, -0.25) is 5.14 Å². The zero-order chi connectivity index (χ0) is 7.70. The van der Waals surface area contributed by atoms with E-state index in [1.807, 2.05) is 13.8 Å². The van der Waals surface area contributed by atoms with E-state index in [-0.39, 0.29) is 0 Å². The fraction of sp³-hybridized carbons (Fsp3) is 0.600. The van der Waals surface area contributed by atoms with Gasteiger partial charge >= 0.3 is 0 Å². The van der Waals surface area contributed by atoms with E-state index in [9.17, 15) is 0 Å². The minimum atomic E-state index is 0.574. The monoisotopic (exact) mass is 166 g/mol. The van der Waals surface area contributed by atoms with Gasteiger partial charge in [0.15, 0.2) is 0 Å². The second-order valence-electron chi connectivity index (χ2n) is 0.987. The highest BCUT2D eigenvalue weighted by atomic mass is 32.2. The van der Waals surface area contributed by atoms with Crippen molar-refractivity contribution in [2.75, 3.05) is 5.75 Å². The molecule has 0 radical (unpaired) electrons. The Morgan fingerprint density at radius 3 is 2.22 bits per heavy atom. The fourth-order valence-electron chi connectivity index (χ4n) is 0.125. The van der Waals surface area contributed by atoms with Crippen LogP contribution in [0.15, 0.2) is 11.1 Å². The van der Waals surface area contributed by atoms with Gasteiger partial charge in [-0.25, -0.2) is 0 Å². The highest BCUT2D eigenvalue weighted by Crippen LogP contribution is 1.93. The van der Waals surface area contributed by atoms with Gasteiger partial charge in [0, 0.05) is 16.9 Å². The fourth-order valence-corrected chi connectivity index (χ4v) is 0.598. The van der Waals surface area contributed by atoms with Gasteiger partial charge in [-0.15, -0.1) is 0 Å². The smallest absolute Gasteiger partial charge is 0.0306 e. The summed E-state index contributed by atoms with van der Waals surface area (Å²) >= 11 is 4.99. The van der Waals surface area contributed by atoms with Crippen LogP contribution in [0.5, 0.6) is 0 Å². The molecule has 0 rings (SSSR count). The van der Waals surface area contributed by atoms with Crippen LogP contribution in [0.1, 0.15) is 13.8 Å². The van der Waals surface area contributed by atoms with Crippen molar-refractivity contribution in [3.63, 3.8) is 0 Å². The summed E-state index contributed by atoms with van der Waals surface area (Å²) < 4.78 is 0. The van der Waals surface area contributed by atoms with Crippen LogP contribution in [0.2, 0.25) is 0 Å². The summed E-state index contributed by atoms with van der Waals surface area (Å²) in [5.74, 6) is 0.574. The molecule has 56 valence electrons. The Balaban J connectivity index is 0. The quantitative estimate of drug-likeness (QED) is 0.429. The molecule has 0 unspecified atom stereocenters. The van der Waals surface area contributed by atoms with Crippen molar-refractivity contribution in [3.05, 3.63) is 11.1 Å². The summed E-state index contributed by atoms with van der Waals surface area (Å²) in [6.07, 6.45) is 0. The summed E-state index contributed by atoms with van der Waals surface area (Å²) in [5.41, 5.74) is 5.97. The van der Waals surface area contributed by atoms with Crippen LogP contribution in [0.3, 0.4) is 0 Å². The largest absolute Gasteiger partial charge is 0.401 e. The van der Waals surface area contributed by atoms with Gasteiger partial charge in [-0.05, 0) is 0 Å². The van der Waals surface area contributed by atoms with Crippen LogP contribution >= 0.6 is 24.6 Å². The van der Waals surface area contributed by atoms with Gasteiger partial charge in [0.05, 0.1) is 0 Å². The predicted molar refractivity (Wildman–Crippen MR) is 49.2 cm³/mol. The third kappa shape index (κ3) is 11.7. The molecule has 0 aromatic carbocycles. The zero-order valence-corrected chi connectivity index (χ0v) is 7.51. The van der Waals surface area contributed by atoms with E-state index < -0.39 is 0 Å². The number of nitrogens with two attached hydrogens (primary N) is 2. The predicted octanol–water partition coefficient (Wildman–Crippen LogP) is 1.35. The molecule has 0 saturated carbocycles. The molecule has 4 heteroatoms. The molecule has 0 saturated heterocycles. The Bertz CT molecular complexity index is 73.4. The molecule has 2 nitrogen and oxygen atoms in total. The van der Waals surface area contributed by atoms with E-state index in [1.165, 1.54) is 0 Å². The van der Waals surface area contributed by atoms with Crippen molar-refractivity contribution >= 4 is 24.6 Å². The topological polar surface area (TPSA) is 52.0 Å². The summed E-state index contributed by atoms with van der Waals surface area (Å²) in [5, 5.41) is 6.69. The van der Waals surface area contributed by atoms with Gasteiger partial charge in [0.1, 0.15) is 0 Å². The van der Waals surface area contributed by atoms with Crippen molar-refractivity contribution in [1.82, 2.24) is 0 Å². The van der Waals surface area contributed by atoms with Crippen LogP contribution in [0.25, 0.3) is 0 Å². The minimum Gasteiger partial charge on any atom is -0.401 e. The Morgan fingerprint density at radius 2 is 2.11 bits per heavy atom. The Kier molecular flexibility index (Phi) is 14.7. The molecule has 0 aliphatic heterocycles. The minimum absolute atomic E-state index is 0.574. The van der Waals surface area contributed by atoms with Crippen LogP contribution in [-0.4, -0.2) is 5.75 Å². The molecule has 0 atom stereocenters. The van der Waals surface area contributed by atoms with E-state index in [4.69, 9.17) is 10.9 Å². The third-order valence-corrected chi connectivity index (χ3v) is 1.21. The van der Waals surface area contributed by atoms with E-state index in [0.29, 0.717) is 11.4 Å². The molecule has 0 amide bonds. The number of hydrogen-bond donors (Lipinski definition) is 3. The zero-order valence-electron chi connectivity index (χ0n) is 5.79. The van der Waals surface area contributed by atoms with Gasteiger partial charge in [0.25, 0.3) is 0 Å². The second-order valence-corrected chi connectivity index (χ2v) is 1.81. The molecule has 0 aromatic rings. The third-order valence-electron chi connectivity index (χ3n) is 0.402. The summed E-state index contributed by atoms with van der Waals surface area (Å²) in [6.45, 7) is 4.00. The average molecular weight is 166 g/mol. The molecule has 0 heterocycles. The van der Waals surface area contributed by atoms with Crippen molar-refractivity contribution < 1.29 is 0 Å². The Hall–Kier alpha value is 0.200. The maximum atomic E-state index is 5.27. The molecule has 0 spiro atoms. The highest BCUT2D eigenvalue weighted by Gasteiger charge is 1.78. The second kappa shape index (κ2) is 11.1. The van der Waals surface area contributed by atoms with Crippen LogP contribution in [0, 0.1) is 0 Å². The molecule has 0 fully saturated rings. The molecule has 0 bridgehead atoms.